The first kappa shape index (κ1) is 14.5. The minimum atomic E-state index is -0.268. The average molecular weight is 343 g/mol. The molecule has 2 N–H and O–H groups in total. The Morgan fingerprint density at radius 2 is 2.00 bits per heavy atom. The summed E-state index contributed by atoms with van der Waals surface area (Å²) in [7, 11) is 0. The fraction of sp³-hybridized carbons (Fsp3) is 0.200. The molecular formula is C15H14BrClFN. The summed E-state index contributed by atoms with van der Waals surface area (Å²) in [5, 5.41) is 0.686. The fourth-order valence-electron chi connectivity index (χ4n) is 2.02. The highest BCUT2D eigenvalue weighted by Gasteiger charge is 2.10. The standard InChI is InChI=1S/C15H14BrClFN/c1-9-4-11(8-12(17)5-9)15(19)7-10-2-3-14(18)13(16)6-10/h2-6,8,15H,7,19H2,1H3. The molecule has 100 valence electrons. The van der Waals surface area contributed by atoms with E-state index in [2.05, 4.69) is 15.9 Å². The van der Waals surface area contributed by atoms with Gasteiger partial charge in [-0.15, -0.1) is 0 Å². The van der Waals surface area contributed by atoms with Crippen molar-refractivity contribution in [3.63, 3.8) is 0 Å². The Hall–Kier alpha value is -0.900. The summed E-state index contributed by atoms with van der Waals surface area (Å²) in [5.41, 5.74) is 9.24. The molecule has 0 aliphatic rings. The van der Waals surface area contributed by atoms with Crippen molar-refractivity contribution in [2.45, 2.75) is 19.4 Å². The van der Waals surface area contributed by atoms with Gasteiger partial charge < -0.3 is 5.73 Å². The number of benzene rings is 2. The van der Waals surface area contributed by atoms with Crippen LogP contribution in [0.25, 0.3) is 0 Å². The van der Waals surface area contributed by atoms with Crippen molar-refractivity contribution in [2.75, 3.05) is 0 Å². The van der Waals surface area contributed by atoms with Gasteiger partial charge in [-0.2, -0.15) is 0 Å². The van der Waals surface area contributed by atoms with Crippen LogP contribution in [0.5, 0.6) is 0 Å². The summed E-state index contributed by atoms with van der Waals surface area (Å²) < 4.78 is 13.6. The van der Waals surface area contributed by atoms with Gasteiger partial charge in [-0.1, -0.05) is 23.7 Å². The summed E-state index contributed by atoms with van der Waals surface area (Å²) in [6.07, 6.45) is 0.638. The Bertz CT molecular complexity index is 580. The van der Waals surface area contributed by atoms with E-state index >= 15 is 0 Å². The van der Waals surface area contributed by atoms with E-state index in [1.807, 2.05) is 25.1 Å². The minimum absolute atomic E-state index is 0.158. The molecule has 1 nitrogen and oxygen atoms in total. The highest BCUT2D eigenvalue weighted by Crippen LogP contribution is 2.24. The second-order valence-electron chi connectivity index (χ2n) is 4.62. The molecule has 0 aromatic heterocycles. The third kappa shape index (κ3) is 3.78. The molecule has 1 unspecified atom stereocenters. The van der Waals surface area contributed by atoms with Crippen LogP contribution >= 0.6 is 27.5 Å². The number of nitrogens with two attached hydrogens (primary N) is 1. The Morgan fingerprint density at radius 3 is 2.63 bits per heavy atom. The van der Waals surface area contributed by atoms with Gasteiger partial charge in [0, 0.05) is 11.1 Å². The van der Waals surface area contributed by atoms with Gasteiger partial charge >= 0.3 is 0 Å². The lowest BCUT2D eigenvalue weighted by Crippen LogP contribution is -2.13. The van der Waals surface area contributed by atoms with E-state index < -0.39 is 0 Å². The predicted molar refractivity (Wildman–Crippen MR) is 80.9 cm³/mol. The van der Waals surface area contributed by atoms with Gasteiger partial charge in [0.25, 0.3) is 0 Å². The zero-order valence-corrected chi connectivity index (χ0v) is 12.8. The van der Waals surface area contributed by atoms with E-state index in [4.69, 9.17) is 17.3 Å². The van der Waals surface area contributed by atoms with Crippen LogP contribution < -0.4 is 5.73 Å². The van der Waals surface area contributed by atoms with Gasteiger partial charge in [-0.3, -0.25) is 0 Å². The van der Waals surface area contributed by atoms with Crippen LogP contribution in [0, 0.1) is 12.7 Å². The first-order chi connectivity index (χ1) is 8.95. The third-order valence-corrected chi connectivity index (χ3v) is 3.76. The van der Waals surface area contributed by atoms with Gasteiger partial charge in [0.1, 0.15) is 5.82 Å². The first-order valence-corrected chi connectivity index (χ1v) is 7.09. The lowest BCUT2D eigenvalue weighted by atomic mass is 9.98. The molecule has 1 atom stereocenters. The molecule has 2 aromatic rings. The van der Waals surface area contributed by atoms with Gasteiger partial charge in [-0.05, 0) is 70.2 Å². The van der Waals surface area contributed by atoms with Crippen LogP contribution in [0.15, 0.2) is 40.9 Å². The number of rotatable bonds is 3. The Labute approximate surface area is 125 Å². The predicted octanol–water partition coefficient (Wildman–Crippen LogP) is 4.79. The number of hydrogen-bond donors (Lipinski definition) is 1. The van der Waals surface area contributed by atoms with Crippen LogP contribution in [-0.4, -0.2) is 0 Å². The zero-order chi connectivity index (χ0) is 14.0. The molecule has 0 amide bonds. The third-order valence-electron chi connectivity index (χ3n) is 2.93. The summed E-state index contributed by atoms with van der Waals surface area (Å²) in [6, 6.07) is 10.6. The van der Waals surface area contributed by atoms with E-state index in [1.54, 1.807) is 12.1 Å². The van der Waals surface area contributed by atoms with E-state index in [0.717, 1.165) is 16.7 Å². The molecule has 0 spiro atoms. The molecule has 0 saturated carbocycles. The molecule has 0 saturated heterocycles. The van der Waals surface area contributed by atoms with Crippen LogP contribution in [0.4, 0.5) is 4.39 Å². The topological polar surface area (TPSA) is 26.0 Å². The van der Waals surface area contributed by atoms with Crippen molar-refractivity contribution in [1.82, 2.24) is 0 Å². The van der Waals surface area contributed by atoms with Gasteiger partial charge in [0.05, 0.1) is 4.47 Å². The van der Waals surface area contributed by atoms with Crippen molar-refractivity contribution in [1.29, 1.82) is 0 Å². The van der Waals surface area contributed by atoms with E-state index in [0.29, 0.717) is 15.9 Å². The first-order valence-electron chi connectivity index (χ1n) is 5.92. The van der Waals surface area contributed by atoms with Gasteiger partial charge in [0.2, 0.25) is 0 Å². The van der Waals surface area contributed by atoms with Gasteiger partial charge in [0.15, 0.2) is 0 Å². The smallest absolute Gasteiger partial charge is 0.137 e. The maximum absolute atomic E-state index is 13.2. The molecule has 2 rings (SSSR count). The molecule has 0 aliphatic heterocycles. The highest BCUT2D eigenvalue weighted by atomic mass is 79.9. The lowest BCUT2D eigenvalue weighted by Gasteiger charge is -2.14. The van der Waals surface area contributed by atoms with Crippen molar-refractivity contribution in [3.8, 4) is 0 Å². The van der Waals surface area contributed by atoms with E-state index in [1.165, 1.54) is 6.07 Å². The van der Waals surface area contributed by atoms with Crippen molar-refractivity contribution in [3.05, 3.63) is 68.4 Å². The molecule has 19 heavy (non-hydrogen) atoms. The summed E-state index contributed by atoms with van der Waals surface area (Å²) in [6.45, 7) is 1.98. The average Bonchev–Trinajstić information content (AvgIpc) is 2.32. The summed E-state index contributed by atoms with van der Waals surface area (Å²) in [5.74, 6) is -0.268. The second kappa shape index (κ2) is 6.04. The highest BCUT2D eigenvalue weighted by molar-refractivity contribution is 9.10. The zero-order valence-electron chi connectivity index (χ0n) is 10.5. The Balaban J connectivity index is 2.20. The molecule has 0 heterocycles. The molecule has 0 fully saturated rings. The normalized spacial score (nSPS) is 12.5. The minimum Gasteiger partial charge on any atom is -0.324 e. The van der Waals surface area contributed by atoms with E-state index in [9.17, 15) is 4.39 Å². The maximum Gasteiger partial charge on any atom is 0.137 e. The number of halogens is 3. The maximum atomic E-state index is 13.2. The molecule has 4 heteroatoms. The molecular weight excluding hydrogens is 329 g/mol. The molecule has 0 radical (unpaired) electrons. The van der Waals surface area contributed by atoms with Crippen molar-refractivity contribution < 1.29 is 4.39 Å². The summed E-state index contributed by atoms with van der Waals surface area (Å²) in [4.78, 5) is 0. The van der Waals surface area contributed by atoms with Gasteiger partial charge in [-0.25, -0.2) is 4.39 Å². The number of hydrogen-bond acceptors (Lipinski definition) is 1. The monoisotopic (exact) mass is 341 g/mol. The SMILES string of the molecule is Cc1cc(Cl)cc(C(N)Cc2ccc(F)c(Br)c2)c1. The van der Waals surface area contributed by atoms with Crippen molar-refractivity contribution >= 4 is 27.5 Å². The van der Waals surface area contributed by atoms with E-state index in [-0.39, 0.29) is 11.9 Å². The number of aryl methyl sites for hydroxylation is 1. The molecule has 0 aliphatic carbocycles. The largest absolute Gasteiger partial charge is 0.324 e. The molecule has 2 aromatic carbocycles. The summed E-state index contributed by atoms with van der Waals surface area (Å²) >= 11 is 9.21. The Kier molecular flexibility index (Phi) is 4.61. The Morgan fingerprint density at radius 1 is 1.26 bits per heavy atom. The van der Waals surface area contributed by atoms with Crippen LogP contribution in [0.1, 0.15) is 22.7 Å². The quantitative estimate of drug-likeness (QED) is 0.852. The fourth-order valence-corrected chi connectivity index (χ4v) is 2.74. The second-order valence-corrected chi connectivity index (χ2v) is 5.91. The lowest BCUT2D eigenvalue weighted by molar-refractivity contribution is 0.618. The van der Waals surface area contributed by atoms with Crippen molar-refractivity contribution in [2.24, 2.45) is 5.73 Å². The van der Waals surface area contributed by atoms with Crippen LogP contribution in [-0.2, 0) is 6.42 Å². The van der Waals surface area contributed by atoms with Crippen LogP contribution in [0.2, 0.25) is 5.02 Å². The molecule has 0 bridgehead atoms. The van der Waals surface area contributed by atoms with Crippen LogP contribution in [0.3, 0.4) is 0 Å².